The zero-order chi connectivity index (χ0) is 12.1. The van der Waals surface area contributed by atoms with Gasteiger partial charge in [-0.15, -0.1) is 0 Å². The number of nitrogens with zero attached hydrogens (tertiary/aromatic N) is 1. The van der Waals surface area contributed by atoms with Crippen molar-refractivity contribution in [3.8, 4) is 6.07 Å². The van der Waals surface area contributed by atoms with Gasteiger partial charge in [0.25, 0.3) is 0 Å². The Kier molecular flexibility index (Phi) is 4.29. The van der Waals surface area contributed by atoms with E-state index in [1.165, 1.54) is 7.11 Å². The van der Waals surface area contributed by atoms with Crippen molar-refractivity contribution >= 4 is 17.6 Å². The second-order valence-corrected chi connectivity index (χ2v) is 3.53. The van der Waals surface area contributed by atoms with E-state index in [-0.39, 0.29) is 13.0 Å². The lowest BCUT2D eigenvalue weighted by molar-refractivity contribution is -0.139. The molecule has 0 spiro atoms. The molecule has 0 bridgehead atoms. The van der Waals surface area contributed by atoms with Crippen molar-refractivity contribution in [2.45, 2.75) is 13.0 Å². The van der Waals surface area contributed by atoms with E-state index in [1.807, 2.05) is 6.07 Å². The van der Waals surface area contributed by atoms with Gasteiger partial charge in [-0.2, -0.15) is 5.26 Å². The van der Waals surface area contributed by atoms with Gasteiger partial charge in [0.2, 0.25) is 0 Å². The molecule has 5 heteroatoms. The van der Waals surface area contributed by atoms with E-state index < -0.39 is 5.97 Å². The Bertz CT molecular complexity index is 452. The summed E-state index contributed by atoms with van der Waals surface area (Å²) in [6, 6.07) is 5.17. The molecule has 1 aromatic rings. The molecular formula is C11H11ClN2O2. The standard InChI is InChI=1S/C11H11ClN2O2/c1-16-11(15)4-8-7(5-13)2-3-10(12)9(8)6-14/h2-3H,4,6,14H2,1H3. The molecule has 1 rings (SSSR count). The average Bonchev–Trinajstić information content (AvgIpc) is 2.29. The van der Waals surface area contributed by atoms with Gasteiger partial charge in [-0.1, -0.05) is 11.6 Å². The molecule has 0 saturated heterocycles. The Morgan fingerprint density at radius 2 is 2.25 bits per heavy atom. The molecule has 0 unspecified atom stereocenters. The van der Waals surface area contributed by atoms with E-state index in [0.29, 0.717) is 21.7 Å². The highest BCUT2D eigenvalue weighted by molar-refractivity contribution is 6.31. The molecule has 0 aliphatic heterocycles. The fourth-order valence-corrected chi connectivity index (χ4v) is 1.66. The molecule has 16 heavy (non-hydrogen) atoms. The highest BCUT2D eigenvalue weighted by Gasteiger charge is 2.14. The number of nitriles is 1. The van der Waals surface area contributed by atoms with Gasteiger partial charge in [0.15, 0.2) is 0 Å². The van der Waals surface area contributed by atoms with Crippen molar-refractivity contribution in [1.82, 2.24) is 0 Å². The van der Waals surface area contributed by atoms with Crippen LogP contribution in [0.15, 0.2) is 12.1 Å². The molecule has 84 valence electrons. The molecule has 0 saturated carbocycles. The Labute approximate surface area is 98.6 Å². The highest BCUT2D eigenvalue weighted by Crippen LogP contribution is 2.23. The zero-order valence-electron chi connectivity index (χ0n) is 8.79. The molecule has 0 atom stereocenters. The van der Waals surface area contributed by atoms with Crippen molar-refractivity contribution in [2.24, 2.45) is 5.73 Å². The Balaban J connectivity index is 3.26. The zero-order valence-corrected chi connectivity index (χ0v) is 9.54. The number of hydrogen-bond donors (Lipinski definition) is 1. The van der Waals surface area contributed by atoms with E-state index in [2.05, 4.69) is 4.74 Å². The molecule has 4 nitrogen and oxygen atoms in total. The van der Waals surface area contributed by atoms with Crippen molar-refractivity contribution in [1.29, 1.82) is 5.26 Å². The van der Waals surface area contributed by atoms with Gasteiger partial charge in [0.1, 0.15) is 0 Å². The monoisotopic (exact) mass is 238 g/mol. The molecule has 0 fully saturated rings. The summed E-state index contributed by atoms with van der Waals surface area (Å²) in [5, 5.41) is 9.39. The number of halogens is 1. The minimum absolute atomic E-state index is 0.00644. The van der Waals surface area contributed by atoms with Crippen LogP contribution in [0.25, 0.3) is 0 Å². The SMILES string of the molecule is COC(=O)Cc1c(C#N)ccc(Cl)c1CN. The molecule has 0 amide bonds. The number of rotatable bonds is 3. The summed E-state index contributed by atoms with van der Waals surface area (Å²) >= 11 is 5.94. The Morgan fingerprint density at radius 1 is 1.56 bits per heavy atom. The van der Waals surface area contributed by atoms with Crippen LogP contribution in [-0.2, 0) is 22.5 Å². The van der Waals surface area contributed by atoms with E-state index in [4.69, 9.17) is 22.6 Å². The quantitative estimate of drug-likeness (QED) is 0.808. The van der Waals surface area contributed by atoms with Crippen LogP contribution >= 0.6 is 11.6 Å². The number of hydrogen-bond acceptors (Lipinski definition) is 4. The third-order valence-electron chi connectivity index (χ3n) is 2.25. The summed E-state index contributed by atoms with van der Waals surface area (Å²) in [6.07, 6.45) is 0.00644. The molecule has 1 aromatic carbocycles. The predicted molar refractivity (Wildman–Crippen MR) is 59.8 cm³/mol. The first-order valence-corrected chi connectivity index (χ1v) is 4.99. The third kappa shape index (κ3) is 2.51. The summed E-state index contributed by atoms with van der Waals surface area (Å²) in [4.78, 5) is 11.2. The number of carbonyl (C=O) groups excluding carboxylic acids is 1. The average molecular weight is 239 g/mol. The van der Waals surface area contributed by atoms with Crippen LogP contribution in [0, 0.1) is 11.3 Å². The van der Waals surface area contributed by atoms with Gasteiger partial charge < -0.3 is 10.5 Å². The fourth-order valence-electron chi connectivity index (χ4n) is 1.41. The van der Waals surface area contributed by atoms with E-state index in [9.17, 15) is 4.79 Å². The largest absolute Gasteiger partial charge is 0.469 e. The lowest BCUT2D eigenvalue weighted by atomic mass is 9.99. The Hall–Kier alpha value is -1.57. The van der Waals surface area contributed by atoms with Gasteiger partial charge in [0.05, 0.1) is 25.2 Å². The predicted octanol–water partition coefficient (Wildman–Crippen LogP) is 1.39. The van der Waals surface area contributed by atoms with Crippen molar-refractivity contribution < 1.29 is 9.53 Å². The van der Waals surface area contributed by atoms with Crippen molar-refractivity contribution in [3.05, 3.63) is 33.8 Å². The molecule has 0 radical (unpaired) electrons. The minimum atomic E-state index is -0.423. The lowest BCUT2D eigenvalue weighted by Crippen LogP contribution is -2.11. The van der Waals surface area contributed by atoms with Crippen LogP contribution in [0.1, 0.15) is 16.7 Å². The molecule has 0 heterocycles. The highest BCUT2D eigenvalue weighted by atomic mass is 35.5. The van der Waals surface area contributed by atoms with E-state index in [0.717, 1.165) is 0 Å². The summed E-state index contributed by atoms with van der Waals surface area (Å²) in [5.74, 6) is -0.423. The van der Waals surface area contributed by atoms with Gasteiger partial charge in [-0.3, -0.25) is 4.79 Å². The number of nitrogens with two attached hydrogens (primary N) is 1. The van der Waals surface area contributed by atoms with Crippen molar-refractivity contribution in [3.63, 3.8) is 0 Å². The molecule has 0 aliphatic rings. The van der Waals surface area contributed by atoms with Gasteiger partial charge in [-0.05, 0) is 23.3 Å². The number of carbonyl (C=O) groups is 1. The molecular weight excluding hydrogens is 228 g/mol. The molecule has 0 aliphatic carbocycles. The maximum absolute atomic E-state index is 11.2. The fraction of sp³-hybridized carbons (Fsp3) is 0.273. The van der Waals surface area contributed by atoms with Gasteiger partial charge in [0, 0.05) is 11.6 Å². The maximum atomic E-state index is 11.2. The second kappa shape index (κ2) is 5.50. The number of benzene rings is 1. The van der Waals surface area contributed by atoms with Crippen molar-refractivity contribution in [2.75, 3.05) is 7.11 Å². The summed E-state index contributed by atoms with van der Waals surface area (Å²) < 4.78 is 4.56. The number of ether oxygens (including phenoxy) is 1. The van der Waals surface area contributed by atoms with Gasteiger partial charge >= 0.3 is 5.97 Å². The normalized spacial score (nSPS) is 9.62. The van der Waals surface area contributed by atoms with Crippen LogP contribution in [0.2, 0.25) is 5.02 Å². The summed E-state index contributed by atoms with van der Waals surface area (Å²) in [7, 11) is 1.29. The maximum Gasteiger partial charge on any atom is 0.310 e. The second-order valence-electron chi connectivity index (χ2n) is 3.12. The van der Waals surface area contributed by atoms with Crippen LogP contribution in [0.4, 0.5) is 0 Å². The minimum Gasteiger partial charge on any atom is -0.469 e. The lowest BCUT2D eigenvalue weighted by Gasteiger charge is -2.10. The number of esters is 1. The third-order valence-corrected chi connectivity index (χ3v) is 2.60. The first-order chi connectivity index (χ1) is 7.63. The Morgan fingerprint density at radius 3 is 2.75 bits per heavy atom. The van der Waals surface area contributed by atoms with Crippen LogP contribution in [0.5, 0.6) is 0 Å². The topological polar surface area (TPSA) is 76.1 Å². The van der Waals surface area contributed by atoms with Crippen LogP contribution in [-0.4, -0.2) is 13.1 Å². The van der Waals surface area contributed by atoms with E-state index in [1.54, 1.807) is 12.1 Å². The van der Waals surface area contributed by atoms with Crippen LogP contribution in [0.3, 0.4) is 0 Å². The smallest absolute Gasteiger partial charge is 0.310 e. The summed E-state index contributed by atoms with van der Waals surface area (Å²) in [5.41, 5.74) is 7.11. The molecule has 0 aromatic heterocycles. The molecule has 2 N–H and O–H groups in total. The first-order valence-electron chi connectivity index (χ1n) is 4.61. The number of methoxy groups -OCH3 is 1. The first kappa shape index (κ1) is 12.5. The van der Waals surface area contributed by atoms with E-state index >= 15 is 0 Å². The van der Waals surface area contributed by atoms with Crippen LogP contribution < -0.4 is 5.73 Å². The summed E-state index contributed by atoms with van der Waals surface area (Å²) in [6.45, 7) is 0.181. The van der Waals surface area contributed by atoms with Gasteiger partial charge in [-0.25, -0.2) is 0 Å².